The number of amides is 1. The quantitative estimate of drug-likeness (QED) is 0.425. The number of nitrogens with two attached hydrogens (primary N) is 2. The first-order chi connectivity index (χ1) is 16.7. The fourth-order valence-corrected chi connectivity index (χ4v) is 4.52. The molecule has 1 heterocycles. The van der Waals surface area contributed by atoms with E-state index in [4.69, 9.17) is 11.5 Å². The number of rotatable bonds is 6. The van der Waals surface area contributed by atoms with Crippen molar-refractivity contribution in [3.63, 3.8) is 0 Å². The highest BCUT2D eigenvalue weighted by atomic mass is 19.1. The molecule has 1 aromatic heterocycles. The van der Waals surface area contributed by atoms with Crippen LogP contribution >= 0.6 is 0 Å². The minimum Gasteiger partial charge on any atom is -0.393 e. The number of carbonyl (C=O) groups excluding carboxylic acids is 1. The number of hydrogen-bond donors (Lipinski definition) is 4. The maximum atomic E-state index is 15.0. The Morgan fingerprint density at radius 3 is 2.57 bits per heavy atom. The Balaban J connectivity index is 1.55. The molecule has 3 aromatic rings. The molecule has 1 atom stereocenters. The number of aliphatic hydroxyl groups excluding tert-OH is 1. The molecule has 0 radical (unpaired) electrons. The van der Waals surface area contributed by atoms with Gasteiger partial charge < -0.3 is 21.9 Å². The van der Waals surface area contributed by atoms with Crippen molar-refractivity contribution in [1.29, 1.82) is 0 Å². The first-order valence-corrected chi connectivity index (χ1v) is 11.6. The van der Waals surface area contributed by atoms with Crippen molar-refractivity contribution in [2.24, 2.45) is 5.73 Å². The van der Waals surface area contributed by atoms with Gasteiger partial charge in [0.25, 0.3) is 5.91 Å². The van der Waals surface area contributed by atoms with Crippen LogP contribution in [-0.2, 0) is 0 Å². The van der Waals surface area contributed by atoms with Gasteiger partial charge in [-0.15, -0.1) is 0 Å². The van der Waals surface area contributed by atoms with Crippen LogP contribution in [0.3, 0.4) is 0 Å². The summed E-state index contributed by atoms with van der Waals surface area (Å²) in [5, 5.41) is 12.4. The minimum absolute atomic E-state index is 0.0193. The van der Waals surface area contributed by atoms with Crippen LogP contribution in [0.4, 0.5) is 14.6 Å². The van der Waals surface area contributed by atoms with E-state index in [1.165, 1.54) is 24.3 Å². The predicted octanol–water partition coefficient (Wildman–Crippen LogP) is 3.76. The van der Waals surface area contributed by atoms with E-state index in [9.17, 15) is 14.3 Å². The van der Waals surface area contributed by atoms with Crippen molar-refractivity contribution in [3.05, 3.63) is 76.6 Å². The third-order valence-electron chi connectivity index (χ3n) is 6.43. The molecule has 7 nitrogen and oxygen atoms in total. The molecule has 0 spiro atoms. The Morgan fingerprint density at radius 2 is 1.91 bits per heavy atom. The number of anilines is 1. The Morgan fingerprint density at radius 1 is 1.17 bits per heavy atom. The van der Waals surface area contributed by atoms with E-state index in [1.54, 1.807) is 25.3 Å². The highest BCUT2D eigenvalue weighted by Gasteiger charge is 2.24. The van der Waals surface area contributed by atoms with Crippen molar-refractivity contribution < 1.29 is 18.7 Å². The summed E-state index contributed by atoms with van der Waals surface area (Å²) >= 11 is 0. The summed E-state index contributed by atoms with van der Waals surface area (Å²) in [5.41, 5.74) is 14.3. The number of halogens is 2. The van der Waals surface area contributed by atoms with Gasteiger partial charge in [-0.1, -0.05) is 12.1 Å². The summed E-state index contributed by atoms with van der Waals surface area (Å²) in [7, 11) is 0. The van der Waals surface area contributed by atoms with Gasteiger partial charge >= 0.3 is 0 Å². The van der Waals surface area contributed by atoms with E-state index in [0.29, 0.717) is 35.2 Å². The maximum Gasteiger partial charge on any atom is 0.254 e. The van der Waals surface area contributed by atoms with Crippen molar-refractivity contribution in [3.8, 4) is 11.3 Å². The Kier molecular flexibility index (Phi) is 7.37. The number of aromatic nitrogens is 2. The summed E-state index contributed by atoms with van der Waals surface area (Å²) in [6.07, 6.45) is 4.32. The van der Waals surface area contributed by atoms with Gasteiger partial charge in [-0.2, -0.15) is 0 Å². The van der Waals surface area contributed by atoms with E-state index in [-0.39, 0.29) is 29.9 Å². The fraction of sp³-hybridized carbons (Fsp3) is 0.346. The molecule has 1 fully saturated rings. The van der Waals surface area contributed by atoms with Gasteiger partial charge in [0.1, 0.15) is 23.1 Å². The lowest BCUT2D eigenvalue weighted by Crippen LogP contribution is -2.34. The molecular weight excluding hydrogens is 452 g/mol. The summed E-state index contributed by atoms with van der Waals surface area (Å²) in [5.74, 6) is -1.54. The number of carbonyl (C=O) groups is 1. The molecule has 4 rings (SSSR count). The lowest BCUT2D eigenvalue weighted by Gasteiger charge is -2.25. The van der Waals surface area contributed by atoms with Crippen molar-refractivity contribution in [2.45, 2.75) is 50.7 Å². The average molecular weight is 482 g/mol. The average Bonchev–Trinajstić information content (AvgIpc) is 2.82. The van der Waals surface area contributed by atoms with Crippen LogP contribution in [0.1, 0.15) is 64.8 Å². The fourth-order valence-electron chi connectivity index (χ4n) is 4.52. The molecule has 6 N–H and O–H groups in total. The van der Waals surface area contributed by atoms with Crippen LogP contribution in [0, 0.1) is 18.6 Å². The van der Waals surface area contributed by atoms with Crippen molar-refractivity contribution >= 4 is 11.7 Å². The van der Waals surface area contributed by atoms with Crippen LogP contribution in [0.5, 0.6) is 0 Å². The van der Waals surface area contributed by atoms with Crippen LogP contribution in [-0.4, -0.2) is 33.6 Å². The number of aryl methyl sites for hydroxylation is 1. The van der Waals surface area contributed by atoms with Crippen LogP contribution < -0.4 is 16.8 Å². The number of nitrogens with one attached hydrogen (secondary N) is 1. The summed E-state index contributed by atoms with van der Waals surface area (Å²) in [4.78, 5) is 21.7. The van der Waals surface area contributed by atoms with Gasteiger partial charge in [-0.05, 0) is 68.0 Å². The highest BCUT2D eigenvalue weighted by molar-refractivity contribution is 5.95. The monoisotopic (exact) mass is 481 g/mol. The number of hydrogen-bond acceptors (Lipinski definition) is 6. The van der Waals surface area contributed by atoms with E-state index in [1.807, 2.05) is 0 Å². The van der Waals surface area contributed by atoms with Crippen LogP contribution in [0.25, 0.3) is 11.3 Å². The number of aliphatic hydroxyl groups is 1. The summed E-state index contributed by atoms with van der Waals surface area (Å²) in [6, 6.07) is 7.84. The van der Waals surface area contributed by atoms with Crippen LogP contribution in [0.15, 0.2) is 42.6 Å². The molecule has 2 aromatic carbocycles. The van der Waals surface area contributed by atoms with Crippen LogP contribution in [0.2, 0.25) is 0 Å². The smallest absolute Gasteiger partial charge is 0.254 e. The Labute approximate surface area is 202 Å². The largest absolute Gasteiger partial charge is 0.393 e. The third-order valence-corrected chi connectivity index (χ3v) is 6.43. The second-order valence-electron chi connectivity index (χ2n) is 9.05. The SMILES string of the molecule is Cc1cc(F)cc(C(CN)NC(=O)c2ccc(-c3nc(C4CCC(O)CC4)cnc3N)cc2F)c1. The predicted molar refractivity (Wildman–Crippen MR) is 129 cm³/mol. The molecule has 1 saturated carbocycles. The van der Waals surface area contributed by atoms with E-state index >= 15 is 4.39 Å². The van der Waals surface area contributed by atoms with Crippen molar-refractivity contribution in [1.82, 2.24) is 15.3 Å². The molecule has 0 saturated heterocycles. The molecule has 35 heavy (non-hydrogen) atoms. The summed E-state index contributed by atoms with van der Waals surface area (Å²) in [6.45, 7) is 1.76. The molecule has 184 valence electrons. The van der Waals surface area contributed by atoms with Gasteiger partial charge in [0, 0.05) is 18.0 Å². The maximum absolute atomic E-state index is 15.0. The Hall–Kier alpha value is -3.43. The van der Waals surface area contributed by atoms with E-state index < -0.39 is 23.6 Å². The van der Waals surface area contributed by atoms with Crippen molar-refractivity contribution in [2.75, 3.05) is 12.3 Å². The number of nitrogen functional groups attached to an aromatic ring is 1. The zero-order chi connectivity index (χ0) is 25.1. The zero-order valence-corrected chi connectivity index (χ0v) is 19.5. The standard InChI is InChI=1S/C26H29F2N5O2/c1-14-8-17(10-18(27)9-14)22(12-29)33-26(35)20-7-4-16(11-21(20)28)24-25(30)31-13-23(32-24)15-2-5-19(34)6-3-15/h4,7-11,13,15,19,22,34H,2-3,5-6,12,29H2,1H3,(H2,30,31)(H,33,35). The second-order valence-corrected chi connectivity index (χ2v) is 9.05. The molecule has 1 unspecified atom stereocenters. The minimum atomic E-state index is -0.751. The van der Waals surface area contributed by atoms with Gasteiger partial charge in [0.15, 0.2) is 0 Å². The molecule has 9 heteroatoms. The molecule has 0 bridgehead atoms. The lowest BCUT2D eigenvalue weighted by molar-refractivity contribution is 0.0933. The van der Waals surface area contributed by atoms with Gasteiger partial charge in [0.2, 0.25) is 0 Å². The number of nitrogens with zero attached hydrogens (tertiary/aromatic N) is 2. The highest BCUT2D eigenvalue weighted by Crippen LogP contribution is 2.34. The molecule has 1 amide bonds. The van der Waals surface area contributed by atoms with E-state index in [2.05, 4.69) is 15.3 Å². The first-order valence-electron chi connectivity index (χ1n) is 11.6. The second kappa shape index (κ2) is 10.5. The molecule has 1 aliphatic rings. The summed E-state index contributed by atoms with van der Waals surface area (Å²) < 4.78 is 28.8. The van der Waals surface area contributed by atoms with Gasteiger partial charge in [-0.3, -0.25) is 4.79 Å². The third kappa shape index (κ3) is 5.63. The molecular formula is C26H29F2N5O2. The lowest BCUT2D eigenvalue weighted by atomic mass is 9.85. The van der Waals surface area contributed by atoms with E-state index in [0.717, 1.165) is 18.5 Å². The topological polar surface area (TPSA) is 127 Å². The number of benzene rings is 2. The van der Waals surface area contributed by atoms with Gasteiger partial charge in [0.05, 0.1) is 29.6 Å². The zero-order valence-electron chi connectivity index (χ0n) is 19.5. The molecule has 0 aliphatic heterocycles. The Bertz CT molecular complexity index is 1210. The van der Waals surface area contributed by atoms with Gasteiger partial charge in [-0.25, -0.2) is 18.7 Å². The normalized spacial score (nSPS) is 18.8. The molecule has 1 aliphatic carbocycles. The first kappa shape index (κ1) is 24.7.